The van der Waals surface area contributed by atoms with Crippen LogP contribution in [0.15, 0.2) is 54.6 Å². The predicted octanol–water partition coefficient (Wildman–Crippen LogP) is 13.3. The number of nitrogens with one attached hydrogen (secondary N) is 2. The minimum absolute atomic E-state index is 0.108. The molecule has 0 bridgehead atoms. The smallest absolute Gasteiger partial charge is 0.224 e. The number of anilines is 2. The third-order valence-corrected chi connectivity index (χ3v) is 11.7. The monoisotopic (exact) mass is 847 g/mol. The molecule has 0 radical (unpaired) electrons. The lowest BCUT2D eigenvalue weighted by Crippen LogP contribution is -2.19. The van der Waals surface area contributed by atoms with Crippen molar-refractivity contribution < 1.29 is 24.9 Å². The van der Waals surface area contributed by atoms with Gasteiger partial charge >= 0.3 is 0 Å². The lowest BCUT2D eigenvalue weighted by atomic mass is 9.78. The Labute approximate surface area is 374 Å². The SMILES string of the molecule is CC(C)(C)c1cc(Cc2cc(NC(=O)CCc3cc(C(C)(C)C)c(O)c(C(C)(C)C)c3)cc(C(C)(C)C)c2O)cc(NC(=O)CCc2cc(C(C)(C)C)c(O)c(C(C)(C)C)c2)c1. The first kappa shape index (κ1) is 49.9. The number of rotatable bonds is 10. The number of carbonyl (C=O) groups is 2. The molecule has 0 unspecified atom stereocenters. The molecule has 7 nitrogen and oxygen atoms in total. The highest BCUT2D eigenvalue weighted by atomic mass is 16.3. The molecule has 5 N–H and O–H groups in total. The fourth-order valence-corrected chi connectivity index (χ4v) is 7.92. The van der Waals surface area contributed by atoms with Gasteiger partial charge in [-0.25, -0.2) is 0 Å². The van der Waals surface area contributed by atoms with Gasteiger partial charge in [0.1, 0.15) is 17.2 Å². The minimum atomic E-state index is -0.413. The van der Waals surface area contributed by atoms with E-state index in [1.165, 1.54) is 0 Å². The molecule has 0 aliphatic rings. The van der Waals surface area contributed by atoms with Crippen molar-refractivity contribution in [2.24, 2.45) is 0 Å². The highest BCUT2D eigenvalue weighted by Crippen LogP contribution is 2.42. The van der Waals surface area contributed by atoms with Crippen LogP contribution in [0.2, 0.25) is 0 Å². The molecule has 0 atom stereocenters. The van der Waals surface area contributed by atoms with Crippen molar-refractivity contribution in [2.45, 2.75) is 189 Å². The zero-order valence-electron chi connectivity index (χ0n) is 41.4. The molecule has 0 aliphatic heterocycles. The first-order chi connectivity index (χ1) is 28.0. The summed E-state index contributed by atoms with van der Waals surface area (Å²) < 4.78 is 0. The molecule has 4 rings (SSSR count). The number of hydrogen-bond donors (Lipinski definition) is 5. The van der Waals surface area contributed by atoms with Crippen molar-refractivity contribution in [3.63, 3.8) is 0 Å². The Morgan fingerprint density at radius 2 is 0.742 bits per heavy atom. The molecular weight excluding hydrogens is 769 g/mol. The van der Waals surface area contributed by atoms with Gasteiger partial charge < -0.3 is 26.0 Å². The van der Waals surface area contributed by atoms with E-state index in [-0.39, 0.29) is 57.5 Å². The van der Waals surface area contributed by atoms with E-state index in [2.05, 4.69) is 121 Å². The van der Waals surface area contributed by atoms with Crippen LogP contribution in [0.1, 0.15) is 193 Å². The van der Waals surface area contributed by atoms with E-state index in [9.17, 15) is 24.9 Å². The Bertz CT molecular complexity index is 2220. The number of phenols is 3. The molecule has 4 aromatic rings. The summed E-state index contributed by atoms with van der Waals surface area (Å²) in [7, 11) is 0. The van der Waals surface area contributed by atoms with Crippen LogP contribution in [-0.2, 0) is 61.3 Å². The second-order valence-corrected chi connectivity index (χ2v) is 23.8. The molecule has 0 fully saturated rings. The van der Waals surface area contributed by atoms with Crippen molar-refractivity contribution in [3.8, 4) is 17.2 Å². The van der Waals surface area contributed by atoms with E-state index in [0.717, 1.165) is 50.1 Å². The van der Waals surface area contributed by atoms with Crippen LogP contribution in [-0.4, -0.2) is 27.1 Å². The summed E-state index contributed by atoms with van der Waals surface area (Å²) in [5.74, 6) is 0.591. The summed E-state index contributed by atoms with van der Waals surface area (Å²) >= 11 is 0. The first-order valence-electron chi connectivity index (χ1n) is 22.4. The Kier molecular flexibility index (Phi) is 14.3. The fourth-order valence-electron chi connectivity index (χ4n) is 7.92. The average Bonchev–Trinajstić information content (AvgIpc) is 3.09. The Morgan fingerprint density at radius 3 is 1.08 bits per heavy atom. The van der Waals surface area contributed by atoms with Gasteiger partial charge in [0.15, 0.2) is 0 Å². The summed E-state index contributed by atoms with van der Waals surface area (Å²) in [6.45, 7) is 37.6. The number of amides is 2. The Balaban J connectivity index is 1.62. The number of aromatic hydroxyl groups is 3. The highest BCUT2D eigenvalue weighted by molar-refractivity contribution is 5.92. The second kappa shape index (κ2) is 17.8. The third-order valence-electron chi connectivity index (χ3n) is 11.7. The topological polar surface area (TPSA) is 119 Å². The molecule has 0 spiro atoms. The van der Waals surface area contributed by atoms with E-state index in [4.69, 9.17) is 0 Å². The van der Waals surface area contributed by atoms with Crippen LogP contribution in [0.5, 0.6) is 17.2 Å². The van der Waals surface area contributed by atoms with Crippen molar-refractivity contribution >= 4 is 23.2 Å². The summed E-state index contributed by atoms with van der Waals surface area (Å²) in [6, 6.07) is 18.0. The molecule has 2 amide bonds. The molecule has 0 saturated carbocycles. The van der Waals surface area contributed by atoms with Crippen molar-refractivity contribution in [1.29, 1.82) is 0 Å². The number of hydrogen-bond acceptors (Lipinski definition) is 5. The maximum atomic E-state index is 13.6. The molecule has 0 saturated heterocycles. The summed E-state index contributed by atoms with van der Waals surface area (Å²) in [5.41, 5.74) is 8.49. The molecule has 0 aliphatic carbocycles. The Morgan fingerprint density at radius 1 is 0.403 bits per heavy atom. The van der Waals surface area contributed by atoms with E-state index >= 15 is 0 Å². The fraction of sp³-hybridized carbons (Fsp3) is 0.527. The lowest BCUT2D eigenvalue weighted by Gasteiger charge is -2.28. The summed E-state index contributed by atoms with van der Waals surface area (Å²) in [6.07, 6.45) is 1.93. The normalized spacial score (nSPS) is 13.0. The average molecular weight is 847 g/mol. The van der Waals surface area contributed by atoms with Gasteiger partial charge in [-0.05, 0) is 114 Å². The van der Waals surface area contributed by atoms with Gasteiger partial charge in [-0.15, -0.1) is 0 Å². The van der Waals surface area contributed by atoms with Gasteiger partial charge in [-0.2, -0.15) is 0 Å². The minimum Gasteiger partial charge on any atom is -0.507 e. The van der Waals surface area contributed by atoms with Crippen molar-refractivity contribution in [3.05, 3.63) is 110 Å². The van der Waals surface area contributed by atoms with Gasteiger partial charge in [-0.1, -0.05) is 155 Å². The second-order valence-electron chi connectivity index (χ2n) is 23.8. The number of benzene rings is 4. The molecule has 7 heteroatoms. The van der Waals surface area contributed by atoms with E-state index in [0.29, 0.717) is 47.7 Å². The number of carbonyl (C=O) groups excluding carboxylic acids is 2. The number of phenolic OH excluding ortho intramolecular Hbond substituents is 3. The highest BCUT2D eigenvalue weighted by Gasteiger charge is 2.29. The molecule has 62 heavy (non-hydrogen) atoms. The van der Waals surface area contributed by atoms with Crippen molar-refractivity contribution in [2.75, 3.05) is 10.6 Å². The van der Waals surface area contributed by atoms with Gasteiger partial charge in [0.25, 0.3) is 0 Å². The molecule has 0 aromatic heterocycles. The van der Waals surface area contributed by atoms with Crippen LogP contribution in [0.3, 0.4) is 0 Å². The van der Waals surface area contributed by atoms with E-state index in [1.54, 1.807) is 0 Å². The molecule has 338 valence electrons. The van der Waals surface area contributed by atoms with Crippen LogP contribution >= 0.6 is 0 Å². The number of aryl methyl sites for hydroxylation is 2. The first-order valence-corrected chi connectivity index (χ1v) is 22.4. The van der Waals surface area contributed by atoms with Gasteiger partial charge in [0.05, 0.1) is 0 Å². The molecule has 0 heterocycles. The van der Waals surface area contributed by atoms with Crippen LogP contribution < -0.4 is 10.6 Å². The molecular formula is C55H78N2O5. The van der Waals surface area contributed by atoms with Gasteiger partial charge in [0.2, 0.25) is 11.8 Å². The Hall–Kier alpha value is -4.78. The standard InChI is InChI=1S/C55H78N2O5/c1-50(2,3)37-24-35(25-38(31-37)56-45(58)21-19-33-26-40(51(4,5)6)48(61)41(27-33)52(7,8)9)23-36-30-39(32-44(47(36)60)55(16,17)18)57-46(59)22-20-34-28-42(53(10,11)12)49(62)43(29-34)54(13,14)15/h24-32,60-62H,19-23H2,1-18H3,(H,56,58)(H,57,59). The third kappa shape index (κ3) is 12.7. The summed E-state index contributed by atoms with van der Waals surface area (Å²) in [4.78, 5) is 27.3. The maximum Gasteiger partial charge on any atom is 0.224 e. The van der Waals surface area contributed by atoms with Crippen LogP contribution in [0.25, 0.3) is 0 Å². The zero-order valence-corrected chi connectivity index (χ0v) is 41.4. The van der Waals surface area contributed by atoms with Crippen LogP contribution in [0.4, 0.5) is 11.4 Å². The predicted molar refractivity (Wildman–Crippen MR) is 260 cm³/mol. The van der Waals surface area contributed by atoms with Gasteiger partial charge in [0, 0.05) is 41.8 Å². The molecule has 4 aromatic carbocycles. The largest absolute Gasteiger partial charge is 0.507 e. The lowest BCUT2D eigenvalue weighted by molar-refractivity contribution is -0.117. The van der Waals surface area contributed by atoms with Gasteiger partial charge in [-0.3, -0.25) is 9.59 Å². The van der Waals surface area contributed by atoms with Crippen molar-refractivity contribution in [1.82, 2.24) is 0 Å². The summed E-state index contributed by atoms with van der Waals surface area (Å²) in [5, 5.41) is 40.5. The maximum absolute atomic E-state index is 13.6. The zero-order chi connectivity index (χ0) is 47.1. The van der Waals surface area contributed by atoms with Crippen LogP contribution in [0, 0.1) is 0 Å². The van der Waals surface area contributed by atoms with E-state index < -0.39 is 5.41 Å². The quantitative estimate of drug-likeness (QED) is 0.102. The van der Waals surface area contributed by atoms with E-state index in [1.807, 2.05) is 69.3 Å².